The van der Waals surface area contributed by atoms with Gasteiger partial charge in [0.1, 0.15) is 0 Å². The number of hydrogen-bond donors (Lipinski definition) is 1. The minimum Gasteiger partial charge on any atom is -0.396 e. The number of ketones is 1. The molecule has 1 aromatic rings. The van der Waals surface area contributed by atoms with E-state index in [4.69, 9.17) is 4.74 Å². The number of benzene rings is 1. The monoisotopic (exact) mass is 315 g/mol. The average molecular weight is 315 g/mol. The maximum Gasteiger partial charge on any atom is 0.254 e. The van der Waals surface area contributed by atoms with Gasteiger partial charge in [-0.1, -0.05) is 12.1 Å². The van der Waals surface area contributed by atoms with E-state index in [9.17, 15) is 14.7 Å². The molecule has 0 spiro atoms. The largest absolute Gasteiger partial charge is 0.396 e. The van der Waals surface area contributed by atoms with Crippen molar-refractivity contribution in [1.82, 2.24) is 4.90 Å². The second-order valence-corrected chi connectivity index (χ2v) is 6.75. The van der Waals surface area contributed by atoms with E-state index in [1.807, 2.05) is 17.0 Å². The smallest absolute Gasteiger partial charge is 0.254 e. The number of ether oxygens (including phenoxy) is 1. The number of carbonyl (C=O) groups is 2. The molecular formula is C18H21NO4. The zero-order valence-corrected chi connectivity index (χ0v) is 13.0. The van der Waals surface area contributed by atoms with Gasteiger partial charge in [0.2, 0.25) is 0 Å². The lowest BCUT2D eigenvalue weighted by Crippen LogP contribution is -2.51. The van der Waals surface area contributed by atoms with E-state index in [2.05, 4.69) is 0 Å². The minimum atomic E-state index is 0.00781. The summed E-state index contributed by atoms with van der Waals surface area (Å²) in [7, 11) is 0. The number of aliphatic hydroxyl groups is 1. The third-order valence-electron chi connectivity index (χ3n) is 5.46. The predicted molar refractivity (Wildman–Crippen MR) is 83.5 cm³/mol. The molecule has 1 aliphatic heterocycles. The number of Topliss-reactive ketones (excluding diaryl/α,β-unsaturated/α-hetero) is 1. The van der Waals surface area contributed by atoms with Gasteiger partial charge < -0.3 is 14.7 Å². The summed E-state index contributed by atoms with van der Waals surface area (Å²) in [5.41, 5.74) is 2.28. The quantitative estimate of drug-likeness (QED) is 0.896. The lowest BCUT2D eigenvalue weighted by atomic mass is 10.0. The van der Waals surface area contributed by atoms with Crippen LogP contribution in [0.4, 0.5) is 0 Å². The second kappa shape index (κ2) is 5.73. The Kier molecular flexibility index (Phi) is 3.70. The normalized spacial score (nSPS) is 29.5. The SMILES string of the molecule is O=C1CCc2c1cccc2C(=O)N1CCOC2C[C@H](CO)C[C@@H]21. The van der Waals surface area contributed by atoms with E-state index in [1.54, 1.807) is 6.07 Å². The lowest BCUT2D eigenvalue weighted by Gasteiger charge is -2.38. The Bertz CT molecular complexity index is 656. The Morgan fingerprint density at radius 3 is 3.00 bits per heavy atom. The number of carbonyl (C=O) groups excluding carboxylic acids is 2. The molecule has 3 aliphatic rings. The predicted octanol–water partition coefficient (Wildman–Crippen LogP) is 1.43. The molecule has 2 aliphatic carbocycles. The van der Waals surface area contributed by atoms with Gasteiger partial charge >= 0.3 is 0 Å². The molecule has 5 heteroatoms. The molecule has 4 rings (SSSR count). The summed E-state index contributed by atoms with van der Waals surface area (Å²) < 4.78 is 5.80. The summed E-state index contributed by atoms with van der Waals surface area (Å²) in [5, 5.41) is 9.41. The van der Waals surface area contributed by atoms with Crippen LogP contribution in [-0.2, 0) is 11.2 Å². The summed E-state index contributed by atoms with van der Waals surface area (Å²) in [5.74, 6) is 0.352. The van der Waals surface area contributed by atoms with Crippen LogP contribution in [0.1, 0.15) is 45.5 Å². The number of amides is 1. The van der Waals surface area contributed by atoms with Gasteiger partial charge in [-0.3, -0.25) is 9.59 Å². The highest BCUT2D eigenvalue weighted by molar-refractivity contribution is 6.05. The van der Waals surface area contributed by atoms with Crippen LogP contribution < -0.4 is 0 Å². The van der Waals surface area contributed by atoms with Gasteiger partial charge in [-0.05, 0) is 36.8 Å². The fourth-order valence-corrected chi connectivity index (χ4v) is 4.30. The van der Waals surface area contributed by atoms with Crippen molar-refractivity contribution < 1.29 is 19.4 Å². The first-order valence-corrected chi connectivity index (χ1v) is 8.37. The number of hydrogen-bond acceptors (Lipinski definition) is 4. The fraction of sp³-hybridized carbons (Fsp3) is 0.556. The van der Waals surface area contributed by atoms with Crippen LogP contribution in [0, 0.1) is 5.92 Å². The molecule has 3 atom stereocenters. The molecule has 5 nitrogen and oxygen atoms in total. The first kappa shape index (κ1) is 14.8. The molecular weight excluding hydrogens is 294 g/mol. The first-order valence-electron chi connectivity index (χ1n) is 8.37. The molecule has 1 unspecified atom stereocenters. The van der Waals surface area contributed by atoms with Crippen LogP contribution in [0.5, 0.6) is 0 Å². The van der Waals surface area contributed by atoms with Gasteiger partial charge in [0, 0.05) is 30.7 Å². The van der Waals surface area contributed by atoms with Crippen molar-refractivity contribution >= 4 is 11.7 Å². The molecule has 23 heavy (non-hydrogen) atoms. The minimum absolute atomic E-state index is 0.00781. The molecule has 1 saturated heterocycles. The number of fused-ring (bicyclic) bond motifs is 2. The summed E-state index contributed by atoms with van der Waals surface area (Å²) >= 11 is 0. The molecule has 122 valence electrons. The average Bonchev–Trinajstić information content (AvgIpc) is 3.17. The summed E-state index contributed by atoms with van der Waals surface area (Å²) in [4.78, 5) is 26.9. The standard InChI is InChI=1S/C18H21NO4/c20-10-11-8-15-17(9-11)23-7-6-19(15)18(22)14-3-1-2-13-12(14)4-5-16(13)21/h1-3,11,15,17,20H,4-10H2/t11-,15+,17?/m1/s1. The van der Waals surface area contributed by atoms with Crippen LogP contribution in [0.2, 0.25) is 0 Å². The van der Waals surface area contributed by atoms with Crippen molar-refractivity contribution in [3.8, 4) is 0 Å². The van der Waals surface area contributed by atoms with Crippen molar-refractivity contribution in [2.24, 2.45) is 5.92 Å². The molecule has 1 amide bonds. The third-order valence-corrected chi connectivity index (χ3v) is 5.46. The van der Waals surface area contributed by atoms with Crippen molar-refractivity contribution in [3.05, 3.63) is 34.9 Å². The first-order chi connectivity index (χ1) is 11.2. The molecule has 1 saturated carbocycles. The Morgan fingerprint density at radius 2 is 2.17 bits per heavy atom. The van der Waals surface area contributed by atoms with Gasteiger partial charge in [-0.15, -0.1) is 0 Å². The zero-order valence-electron chi connectivity index (χ0n) is 13.0. The molecule has 0 aromatic heterocycles. The molecule has 1 N–H and O–H groups in total. The Morgan fingerprint density at radius 1 is 1.30 bits per heavy atom. The Labute approximate surface area is 135 Å². The highest BCUT2D eigenvalue weighted by Crippen LogP contribution is 2.35. The topological polar surface area (TPSA) is 66.8 Å². The van der Waals surface area contributed by atoms with Gasteiger partial charge in [-0.25, -0.2) is 0 Å². The van der Waals surface area contributed by atoms with Gasteiger partial charge in [-0.2, -0.15) is 0 Å². The van der Waals surface area contributed by atoms with E-state index < -0.39 is 0 Å². The summed E-state index contributed by atoms with van der Waals surface area (Å²) in [6.07, 6.45) is 2.80. The van der Waals surface area contributed by atoms with Crippen LogP contribution in [0.25, 0.3) is 0 Å². The highest BCUT2D eigenvalue weighted by atomic mass is 16.5. The van der Waals surface area contributed by atoms with Crippen LogP contribution in [-0.4, -0.2) is 53.6 Å². The van der Waals surface area contributed by atoms with Gasteiger partial charge in [0.05, 0.1) is 18.8 Å². The third kappa shape index (κ3) is 2.39. The van der Waals surface area contributed by atoms with E-state index in [0.717, 1.165) is 18.4 Å². The summed E-state index contributed by atoms with van der Waals surface area (Å²) in [6, 6.07) is 5.50. The van der Waals surface area contributed by atoms with Crippen molar-refractivity contribution in [2.45, 2.75) is 37.8 Å². The van der Waals surface area contributed by atoms with E-state index in [0.29, 0.717) is 37.1 Å². The molecule has 1 aromatic carbocycles. The Hall–Kier alpha value is -1.72. The number of nitrogens with zero attached hydrogens (tertiary/aromatic N) is 1. The number of morpholine rings is 1. The molecule has 0 bridgehead atoms. The van der Waals surface area contributed by atoms with Crippen LogP contribution in [0.3, 0.4) is 0 Å². The van der Waals surface area contributed by atoms with Crippen LogP contribution >= 0.6 is 0 Å². The van der Waals surface area contributed by atoms with E-state index >= 15 is 0 Å². The molecule has 1 heterocycles. The number of rotatable bonds is 2. The highest BCUT2D eigenvalue weighted by Gasteiger charge is 2.43. The molecule has 0 radical (unpaired) electrons. The molecule has 2 fully saturated rings. The maximum atomic E-state index is 13.1. The van der Waals surface area contributed by atoms with Crippen molar-refractivity contribution in [1.29, 1.82) is 0 Å². The summed E-state index contributed by atoms with van der Waals surface area (Å²) in [6.45, 7) is 1.27. The Balaban J connectivity index is 1.63. The van der Waals surface area contributed by atoms with Gasteiger partial charge in [0.25, 0.3) is 5.91 Å². The van der Waals surface area contributed by atoms with E-state index in [-0.39, 0.29) is 36.4 Å². The fourth-order valence-electron chi connectivity index (χ4n) is 4.30. The van der Waals surface area contributed by atoms with Gasteiger partial charge in [0.15, 0.2) is 5.78 Å². The van der Waals surface area contributed by atoms with E-state index in [1.165, 1.54) is 0 Å². The maximum absolute atomic E-state index is 13.1. The zero-order chi connectivity index (χ0) is 16.0. The van der Waals surface area contributed by atoms with Crippen LogP contribution in [0.15, 0.2) is 18.2 Å². The number of aliphatic hydroxyl groups excluding tert-OH is 1. The van der Waals surface area contributed by atoms with Crippen molar-refractivity contribution in [3.63, 3.8) is 0 Å². The lowest BCUT2D eigenvalue weighted by molar-refractivity contribution is -0.0449. The second-order valence-electron chi connectivity index (χ2n) is 6.75. The van der Waals surface area contributed by atoms with Crippen molar-refractivity contribution in [2.75, 3.05) is 19.8 Å².